The average molecular weight is 356 g/mol. The first-order valence-corrected chi connectivity index (χ1v) is 9.49. The molecule has 2 heterocycles. The molecule has 1 atom stereocenters. The average Bonchev–Trinajstić information content (AvgIpc) is 3.02. The molecule has 1 aliphatic rings. The maximum atomic E-state index is 12.1. The number of hydrogen-bond donors (Lipinski definition) is 1. The lowest BCUT2D eigenvalue weighted by Crippen LogP contribution is -2.33. The number of hydrogen-bond acceptors (Lipinski definition) is 5. The SMILES string of the molecule is Cc1noc(CCCC(=O)Nc2ccc(CN3CCCC(C)C3)cc2)n1. The van der Waals surface area contributed by atoms with E-state index >= 15 is 0 Å². The Morgan fingerprint density at radius 1 is 1.35 bits per heavy atom. The molecule has 1 fully saturated rings. The van der Waals surface area contributed by atoms with Gasteiger partial charge in [-0.25, -0.2) is 0 Å². The minimum Gasteiger partial charge on any atom is -0.339 e. The van der Waals surface area contributed by atoms with Crippen LogP contribution in [-0.4, -0.2) is 34.0 Å². The van der Waals surface area contributed by atoms with E-state index in [2.05, 4.69) is 39.4 Å². The van der Waals surface area contributed by atoms with Crippen LogP contribution in [0, 0.1) is 12.8 Å². The van der Waals surface area contributed by atoms with Gasteiger partial charge in [0.05, 0.1) is 0 Å². The lowest BCUT2D eigenvalue weighted by Gasteiger charge is -2.30. The van der Waals surface area contributed by atoms with Crippen LogP contribution in [0.25, 0.3) is 0 Å². The Hall–Kier alpha value is -2.21. The Labute approximate surface area is 155 Å². The number of amides is 1. The van der Waals surface area contributed by atoms with Gasteiger partial charge in [0.15, 0.2) is 5.82 Å². The highest BCUT2D eigenvalue weighted by atomic mass is 16.5. The van der Waals surface area contributed by atoms with E-state index in [1.165, 1.54) is 31.5 Å². The number of nitrogens with one attached hydrogen (secondary N) is 1. The number of nitrogens with zero attached hydrogens (tertiary/aromatic N) is 3. The summed E-state index contributed by atoms with van der Waals surface area (Å²) in [4.78, 5) is 18.7. The van der Waals surface area contributed by atoms with Crippen LogP contribution in [0.2, 0.25) is 0 Å². The second kappa shape index (κ2) is 8.94. The highest BCUT2D eigenvalue weighted by molar-refractivity contribution is 5.90. The van der Waals surface area contributed by atoms with Gasteiger partial charge < -0.3 is 9.84 Å². The minimum atomic E-state index is 0.0128. The second-order valence-electron chi connectivity index (χ2n) is 7.32. The Balaban J connectivity index is 1.41. The number of carbonyl (C=O) groups excluding carboxylic acids is 1. The smallest absolute Gasteiger partial charge is 0.226 e. The Morgan fingerprint density at radius 3 is 2.85 bits per heavy atom. The molecular formula is C20H28N4O2. The van der Waals surface area contributed by atoms with Gasteiger partial charge >= 0.3 is 0 Å². The summed E-state index contributed by atoms with van der Waals surface area (Å²) in [7, 11) is 0. The van der Waals surface area contributed by atoms with Crippen molar-refractivity contribution >= 4 is 11.6 Å². The van der Waals surface area contributed by atoms with Crippen LogP contribution < -0.4 is 5.32 Å². The molecule has 140 valence electrons. The van der Waals surface area contributed by atoms with Crippen LogP contribution in [0.15, 0.2) is 28.8 Å². The molecule has 6 heteroatoms. The minimum absolute atomic E-state index is 0.0128. The molecule has 0 radical (unpaired) electrons. The maximum Gasteiger partial charge on any atom is 0.226 e. The Morgan fingerprint density at radius 2 is 2.15 bits per heavy atom. The molecule has 1 saturated heterocycles. The van der Waals surface area contributed by atoms with E-state index in [0.717, 1.165) is 18.2 Å². The number of likely N-dealkylation sites (tertiary alicyclic amines) is 1. The predicted molar refractivity (Wildman–Crippen MR) is 101 cm³/mol. The monoisotopic (exact) mass is 356 g/mol. The van der Waals surface area contributed by atoms with Crippen molar-refractivity contribution in [2.24, 2.45) is 5.92 Å². The molecule has 1 aromatic carbocycles. The summed E-state index contributed by atoms with van der Waals surface area (Å²) in [6, 6.07) is 8.19. The summed E-state index contributed by atoms with van der Waals surface area (Å²) in [5, 5.41) is 6.70. The van der Waals surface area contributed by atoms with E-state index in [0.29, 0.717) is 31.0 Å². The van der Waals surface area contributed by atoms with Crippen LogP contribution in [0.1, 0.15) is 49.9 Å². The molecule has 1 unspecified atom stereocenters. The standard InChI is InChI=1S/C20H28N4O2/c1-15-5-4-12-24(13-15)14-17-8-10-18(11-9-17)22-19(25)6-3-7-20-21-16(2)23-26-20/h8-11,15H,3-7,12-14H2,1-2H3,(H,22,25). The molecular weight excluding hydrogens is 328 g/mol. The third kappa shape index (κ3) is 5.66. The fourth-order valence-corrected chi connectivity index (χ4v) is 3.45. The van der Waals surface area contributed by atoms with Crippen molar-refractivity contribution in [1.82, 2.24) is 15.0 Å². The zero-order chi connectivity index (χ0) is 18.4. The molecule has 1 aromatic heterocycles. The molecule has 3 rings (SSSR count). The topological polar surface area (TPSA) is 71.3 Å². The number of aryl methyl sites for hydroxylation is 2. The van der Waals surface area contributed by atoms with Crippen LogP contribution in [0.3, 0.4) is 0 Å². The fraction of sp³-hybridized carbons (Fsp3) is 0.550. The second-order valence-corrected chi connectivity index (χ2v) is 7.32. The van der Waals surface area contributed by atoms with Gasteiger partial charge in [-0.05, 0) is 56.3 Å². The summed E-state index contributed by atoms with van der Waals surface area (Å²) >= 11 is 0. The van der Waals surface area contributed by atoms with Gasteiger partial charge in [0.1, 0.15) is 0 Å². The first-order valence-electron chi connectivity index (χ1n) is 9.49. The van der Waals surface area contributed by atoms with Gasteiger partial charge in [-0.1, -0.05) is 24.2 Å². The van der Waals surface area contributed by atoms with Crippen molar-refractivity contribution in [3.05, 3.63) is 41.5 Å². The van der Waals surface area contributed by atoms with Crippen LogP contribution >= 0.6 is 0 Å². The van der Waals surface area contributed by atoms with E-state index in [-0.39, 0.29) is 5.91 Å². The van der Waals surface area contributed by atoms with Gasteiger partial charge in [-0.15, -0.1) is 0 Å². The highest BCUT2D eigenvalue weighted by Gasteiger charge is 2.16. The normalized spacial score (nSPS) is 18.0. The third-order valence-electron chi connectivity index (χ3n) is 4.75. The number of carbonyl (C=O) groups is 1. The zero-order valence-corrected chi connectivity index (χ0v) is 15.7. The van der Waals surface area contributed by atoms with Crippen LogP contribution in [0.4, 0.5) is 5.69 Å². The molecule has 0 saturated carbocycles. The molecule has 0 bridgehead atoms. The molecule has 1 aliphatic heterocycles. The molecule has 1 N–H and O–H groups in total. The summed E-state index contributed by atoms with van der Waals surface area (Å²) in [6.45, 7) is 7.46. The van der Waals surface area contributed by atoms with Crippen molar-refractivity contribution in [3.63, 3.8) is 0 Å². The van der Waals surface area contributed by atoms with Crippen LogP contribution in [0.5, 0.6) is 0 Å². The van der Waals surface area contributed by atoms with Crippen molar-refractivity contribution in [2.45, 2.75) is 52.5 Å². The number of aromatic nitrogens is 2. The largest absolute Gasteiger partial charge is 0.339 e. The van der Waals surface area contributed by atoms with Gasteiger partial charge in [0.2, 0.25) is 11.8 Å². The molecule has 0 spiro atoms. The molecule has 0 aliphatic carbocycles. The Kier molecular flexibility index (Phi) is 6.39. The van der Waals surface area contributed by atoms with Gasteiger partial charge in [0.25, 0.3) is 0 Å². The number of piperidine rings is 1. The van der Waals surface area contributed by atoms with E-state index in [9.17, 15) is 4.79 Å². The lowest BCUT2D eigenvalue weighted by molar-refractivity contribution is -0.116. The third-order valence-corrected chi connectivity index (χ3v) is 4.75. The first-order chi connectivity index (χ1) is 12.6. The maximum absolute atomic E-state index is 12.1. The van der Waals surface area contributed by atoms with Crippen molar-refractivity contribution in [1.29, 1.82) is 0 Å². The van der Waals surface area contributed by atoms with E-state index in [1.54, 1.807) is 6.92 Å². The predicted octanol–water partition coefficient (Wildman–Crippen LogP) is 3.57. The van der Waals surface area contributed by atoms with Crippen molar-refractivity contribution < 1.29 is 9.32 Å². The zero-order valence-electron chi connectivity index (χ0n) is 15.7. The van der Waals surface area contributed by atoms with Gasteiger partial charge in [-0.2, -0.15) is 4.98 Å². The molecule has 2 aromatic rings. The van der Waals surface area contributed by atoms with Crippen LogP contribution in [-0.2, 0) is 17.8 Å². The summed E-state index contributed by atoms with van der Waals surface area (Å²) in [5.41, 5.74) is 2.14. The summed E-state index contributed by atoms with van der Waals surface area (Å²) in [5.74, 6) is 2.02. The number of anilines is 1. The summed E-state index contributed by atoms with van der Waals surface area (Å²) in [6.07, 6.45) is 4.39. The van der Waals surface area contributed by atoms with E-state index < -0.39 is 0 Å². The molecule has 6 nitrogen and oxygen atoms in total. The number of rotatable bonds is 7. The van der Waals surface area contributed by atoms with Gasteiger partial charge in [-0.3, -0.25) is 9.69 Å². The molecule has 1 amide bonds. The quantitative estimate of drug-likeness (QED) is 0.821. The van der Waals surface area contributed by atoms with Gasteiger partial charge in [0, 0.05) is 31.6 Å². The Bertz CT molecular complexity index is 711. The van der Waals surface area contributed by atoms with Crippen molar-refractivity contribution in [3.8, 4) is 0 Å². The highest BCUT2D eigenvalue weighted by Crippen LogP contribution is 2.19. The van der Waals surface area contributed by atoms with E-state index in [1.807, 2.05) is 12.1 Å². The molecule has 26 heavy (non-hydrogen) atoms. The van der Waals surface area contributed by atoms with E-state index in [4.69, 9.17) is 4.52 Å². The lowest BCUT2D eigenvalue weighted by atomic mass is 10.00. The summed E-state index contributed by atoms with van der Waals surface area (Å²) < 4.78 is 5.05. The first kappa shape index (κ1) is 18.6. The van der Waals surface area contributed by atoms with Crippen molar-refractivity contribution in [2.75, 3.05) is 18.4 Å². The number of benzene rings is 1. The fourth-order valence-electron chi connectivity index (χ4n) is 3.45.